The van der Waals surface area contributed by atoms with E-state index in [-0.39, 0.29) is 11.5 Å². The number of fused-ring (bicyclic) bond motifs is 1. The fraction of sp³-hybridized carbons (Fsp3) is 0.111. The van der Waals surface area contributed by atoms with E-state index in [4.69, 9.17) is 11.6 Å². The topological polar surface area (TPSA) is 137 Å². The Bertz CT molecular complexity index is 1280. The normalized spacial score (nSPS) is 10.7. The van der Waals surface area contributed by atoms with Crippen molar-refractivity contribution in [1.82, 2.24) is 35.3 Å². The van der Waals surface area contributed by atoms with Crippen molar-refractivity contribution in [3.63, 3.8) is 0 Å². The third-order valence-electron chi connectivity index (χ3n) is 4.19. The third-order valence-corrected chi connectivity index (χ3v) is 4.49. The molecule has 0 fully saturated rings. The van der Waals surface area contributed by atoms with Crippen LogP contribution in [0, 0.1) is 11.3 Å². The number of anilines is 1. The van der Waals surface area contributed by atoms with Gasteiger partial charge in [-0.2, -0.15) is 15.5 Å². The van der Waals surface area contributed by atoms with E-state index in [1.165, 1.54) is 7.05 Å². The number of aryl methyl sites for hydroxylation is 1. The highest BCUT2D eigenvalue weighted by Crippen LogP contribution is 2.34. The molecule has 11 heteroatoms. The highest BCUT2D eigenvalue weighted by Gasteiger charge is 2.20. The third kappa shape index (κ3) is 3.35. The minimum Gasteiger partial charge on any atom is -0.341 e. The summed E-state index contributed by atoms with van der Waals surface area (Å²) in [5.41, 5.74) is 2.64. The quantitative estimate of drug-likeness (QED) is 0.477. The number of aromatic amines is 1. The second-order valence-electron chi connectivity index (χ2n) is 6.10. The monoisotopic (exact) mass is 407 g/mol. The summed E-state index contributed by atoms with van der Waals surface area (Å²) in [5, 5.41) is 27.0. The Hall–Kier alpha value is -3.97. The van der Waals surface area contributed by atoms with Crippen LogP contribution in [0.4, 0.5) is 10.6 Å². The van der Waals surface area contributed by atoms with Gasteiger partial charge in [0.05, 0.1) is 16.7 Å². The Morgan fingerprint density at radius 2 is 2.14 bits per heavy atom. The van der Waals surface area contributed by atoms with Gasteiger partial charge in [0.15, 0.2) is 11.5 Å². The summed E-state index contributed by atoms with van der Waals surface area (Å²) in [7, 11) is 3.24. The molecule has 0 aliphatic carbocycles. The summed E-state index contributed by atoms with van der Waals surface area (Å²) in [6.07, 6.45) is 3.41. The van der Waals surface area contributed by atoms with Crippen molar-refractivity contribution in [2.24, 2.45) is 7.05 Å². The lowest BCUT2D eigenvalue weighted by molar-refractivity contribution is 0.254. The molecule has 29 heavy (non-hydrogen) atoms. The highest BCUT2D eigenvalue weighted by atomic mass is 35.5. The fourth-order valence-corrected chi connectivity index (χ4v) is 3.11. The number of urea groups is 1. The van der Waals surface area contributed by atoms with Gasteiger partial charge in [-0.25, -0.2) is 14.8 Å². The van der Waals surface area contributed by atoms with Gasteiger partial charge in [-0.1, -0.05) is 11.6 Å². The van der Waals surface area contributed by atoms with Crippen molar-refractivity contribution in [3.05, 3.63) is 41.3 Å². The molecule has 0 spiro atoms. The average Bonchev–Trinajstić information content (AvgIpc) is 3.36. The Morgan fingerprint density at radius 3 is 2.83 bits per heavy atom. The van der Waals surface area contributed by atoms with Crippen molar-refractivity contribution < 1.29 is 4.79 Å². The largest absolute Gasteiger partial charge is 0.341 e. The number of carbonyl (C=O) groups excluding carboxylic acids is 1. The van der Waals surface area contributed by atoms with Gasteiger partial charge in [-0.15, -0.1) is 0 Å². The van der Waals surface area contributed by atoms with E-state index in [0.717, 1.165) is 5.39 Å². The molecule has 0 radical (unpaired) electrons. The number of aromatic nitrogens is 6. The standard InChI is InChI=1S/C18H14ClN9O/c1-21-18(29)25-17-13(7-20)23-15(16(24-17)12-3-4-28(2)27-12)9-5-10-8-22-26-14(10)11(19)6-9/h3-6,8H,1-2H3,(H,22,26)(H2,21,24,25,29). The van der Waals surface area contributed by atoms with Gasteiger partial charge < -0.3 is 5.32 Å². The number of nitriles is 1. The predicted molar refractivity (Wildman–Crippen MR) is 107 cm³/mol. The molecular weight excluding hydrogens is 394 g/mol. The van der Waals surface area contributed by atoms with Gasteiger partial charge in [0.25, 0.3) is 0 Å². The van der Waals surface area contributed by atoms with Crippen molar-refractivity contribution in [1.29, 1.82) is 5.26 Å². The molecule has 0 aliphatic rings. The zero-order valence-electron chi connectivity index (χ0n) is 15.4. The van der Waals surface area contributed by atoms with E-state index in [0.29, 0.717) is 33.2 Å². The van der Waals surface area contributed by atoms with Gasteiger partial charge in [0.2, 0.25) is 0 Å². The maximum atomic E-state index is 11.8. The summed E-state index contributed by atoms with van der Waals surface area (Å²) >= 11 is 6.38. The predicted octanol–water partition coefficient (Wildman–Crippen LogP) is 2.70. The van der Waals surface area contributed by atoms with Crippen LogP contribution in [0.5, 0.6) is 0 Å². The van der Waals surface area contributed by atoms with Crippen LogP contribution >= 0.6 is 11.6 Å². The average molecular weight is 408 g/mol. The minimum absolute atomic E-state index is 0.0340. The van der Waals surface area contributed by atoms with Crippen LogP contribution in [0.15, 0.2) is 30.6 Å². The molecule has 3 heterocycles. The van der Waals surface area contributed by atoms with Crippen molar-refractivity contribution in [2.75, 3.05) is 12.4 Å². The molecular formula is C18H14ClN9O. The summed E-state index contributed by atoms with van der Waals surface area (Å²) in [6, 6.07) is 6.78. The number of benzene rings is 1. The van der Waals surface area contributed by atoms with Gasteiger partial charge in [-0.05, 0) is 18.2 Å². The number of nitrogens with one attached hydrogen (secondary N) is 3. The first-order valence-corrected chi connectivity index (χ1v) is 8.82. The van der Waals surface area contributed by atoms with Gasteiger partial charge in [-0.3, -0.25) is 15.1 Å². The summed E-state index contributed by atoms with van der Waals surface area (Å²) in [5.74, 6) is 0.0340. The molecule has 0 bridgehead atoms. The number of amides is 2. The van der Waals surface area contributed by atoms with E-state index < -0.39 is 6.03 Å². The Labute approximate surface area is 169 Å². The van der Waals surface area contributed by atoms with E-state index in [9.17, 15) is 10.1 Å². The van der Waals surface area contributed by atoms with Crippen molar-refractivity contribution in [3.8, 4) is 28.7 Å². The first kappa shape index (κ1) is 18.4. The zero-order chi connectivity index (χ0) is 20.5. The number of nitrogens with zero attached hydrogens (tertiary/aromatic N) is 6. The van der Waals surface area contributed by atoms with Crippen LogP contribution in [0.3, 0.4) is 0 Å². The summed E-state index contributed by atoms with van der Waals surface area (Å²) in [6.45, 7) is 0. The summed E-state index contributed by atoms with van der Waals surface area (Å²) in [4.78, 5) is 20.7. The molecule has 0 aliphatic heterocycles. The summed E-state index contributed by atoms with van der Waals surface area (Å²) < 4.78 is 1.62. The molecule has 0 atom stereocenters. The van der Waals surface area contributed by atoms with Gasteiger partial charge >= 0.3 is 6.03 Å². The lowest BCUT2D eigenvalue weighted by atomic mass is 10.1. The smallest absolute Gasteiger partial charge is 0.320 e. The van der Waals surface area contributed by atoms with Crippen LogP contribution in [-0.2, 0) is 7.05 Å². The number of rotatable bonds is 3. The van der Waals surface area contributed by atoms with Gasteiger partial charge in [0, 0.05) is 31.2 Å². The number of halogens is 1. The van der Waals surface area contributed by atoms with Crippen molar-refractivity contribution in [2.45, 2.75) is 0 Å². The van der Waals surface area contributed by atoms with Crippen LogP contribution in [0.2, 0.25) is 5.02 Å². The van der Waals surface area contributed by atoms with E-state index in [2.05, 4.69) is 35.9 Å². The second kappa shape index (κ2) is 7.21. The molecule has 3 N–H and O–H groups in total. The first-order chi connectivity index (χ1) is 14.0. The maximum absolute atomic E-state index is 11.8. The maximum Gasteiger partial charge on any atom is 0.320 e. The molecule has 1 aromatic carbocycles. The van der Waals surface area contributed by atoms with E-state index in [1.807, 2.05) is 12.1 Å². The van der Waals surface area contributed by atoms with Crippen LogP contribution in [-0.4, -0.2) is 43.0 Å². The van der Waals surface area contributed by atoms with Crippen LogP contribution < -0.4 is 10.6 Å². The molecule has 4 rings (SSSR count). The fourth-order valence-electron chi connectivity index (χ4n) is 2.84. The molecule has 10 nitrogen and oxygen atoms in total. The Morgan fingerprint density at radius 1 is 1.31 bits per heavy atom. The van der Waals surface area contributed by atoms with E-state index >= 15 is 0 Å². The van der Waals surface area contributed by atoms with Crippen molar-refractivity contribution >= 4 is 34.4 Å². The van der Waals surface area contributed by atoms with Gasteiger partial charge in [0.1, 0.15) is 23.2 Å². The van der Waals surface area contributed by atoms with Crippen LogP contribution in [0.25, 0.3) is 33.5 Å². The zero-order valence-corrected chi connectivity index (χ0v) is 16.1. The first-order valence-electron chi connectivity index (χ1n) is 8.44. The molecule has 0 saturated carbocycles. The minimum atomic E-state index is -0.515. The van der Waals surface area contributed by atoms with E-state index in [1.54, 1.807) is 36.3 Å². The number of hydrogen-bond acceptors (Lipinski definition) is 6. The second-order valence-corrected chi connectivity index (χ2v) is 6.51. The highest BCUT2D eigenvalue weighted by molar-refractivity contribution is 6.35. The molecule has 2 amide bonds. The van der Waals surface area contributed by atoms with Crippen LogP contribution in [0.1, 0.15) is 5.69 Å². The molecule has 144 valence electrons. The molecule has 0 unspecified atom stereocenters. The molecule has 0 saturated heterocycles. The Kier molecular flexibility index (Phi) is 4.58. The number of hydrogen-bond donors (Lipinski definition) is 3. The Balaban J connectivity index is 1.98. The molecule has 4 aromatic rings. The number of carbonyl (C=O) groups is 1. The lowest BCUT2D eigenvalue weighted by Gasteiger charge is -2.12. The molecule has 3 aromatic heterocycles. The lowest BCUT2D eigenvalue weighted by Crippen LogP contribution is -2.26. The number of H-pyrrole nitrogens is 1. The SMILES string of the molecule is CNC(=O)Nc1nc(-c2ccn(C)n2)c(-c2cc(Cl)c3[nH]ncc3c2)nc1C#N.